The van der Waals surface area contributed by atoms with Crippen LogP contribution in [0.3, 0.4) is 0 Å². The van der Waals surface area contributed by atoms with Gasteiger partial charge in [-0.05, 0) is 6.42 Å². The molecular formula is C14H22N4O3. The molecule has 1 aliphatic rings. The van der Waals surface area contributed by atoms with Crippen LogP contribution in [-0.4, -0.2) is 65.3 Å². The summed E-state index contributed by atoms with van der Waals surface area (Å²) in [5, 5.41) is 8.70. The Morgan fingerprint density at radius 1 is 1.38 bits per heavy atom. The number of nitrogens with zero attached hydrogens (tertiary/aromatic N) is 4. The summed E-state index contributed by atoms with van der Waals surface area (Å²) in [6, 6.07) is 1.77. The maximum atomic E-state index is 10.6. The van der Waals surface area contributed by atoms with Gasteiger partial charge < -0.3 is 14.7 Å². The molecule has 1 saturated heterocycles. The molecule has 1 fully saturated rings. The molecular weight excluding hydrogens is 272 g/mol. The van der Waals surface area contributed by atoms with Gasteiger partial charge in [-0.15, -0.1) is 0 Å². The van der Waals surface area contributed by atoms with E-state index in [-0.39, 0.29) is 6.42 Å². The Bertz CT molecular complexity index is 461. The number of piperazine rings is 1. The number of aromatic nitrogens is 2. The third kappa shape index (κ3) is 4.86. The number of carboxylic acid groups (broad SMARTS) is 1. The molecule has 1 aliphatic heterocycles. The van der Waals surface area contributed by atoms with Gasteiger partial charge in [0.15, 0.2) is 0 Å². The molecule has 0 atom stereocenters. The molecule has 0 spiro atoms. The lowest BCUT2D eigenvalue weighted by atomic mass is 10.3. The SMILES string of the molecule is CCCOc1ccnc(N2CCN(CCC(=O)O)CC2)n1. The molecule has 1 aromatic rings. The Kier molecular flexibility index (Phi) is 5.74. The first-order valence-corrected chi connectivity index (χ1v) is 7.34. The minimum Gasteiger partial charge on any atom is -0.481 e. The zero-order chi connectivity index (χ0) is 15.1. The van der Waals surface area contributed by atoms with E-state index in [1.54, 1.807) is 12.3 Å². The molecule has 0 radical (unpaired) electrons. The molecule has 1 N–H and O–H groups in total. The topological polar surface area (TPSA) is 78.8 Å². The second-order valence-corrected chi connectivity index (χ2v) is 5.02. The number of carbonyl (C=O) groups is 1. The van der Waals surface area contributed by atoms with Gasteiger partial charge in [-0.3, -0.25) is 9.69 Å². The van der Waals surface area contributed by atoms with E-state index in [9.17, 15) is 4.79 Å². The van der Waals surface area contributed by atoms with Gasteiger partial charge in [0.1, 0.15) is 0 Å². The highest BCUT2D eigenvalue weighted by molar-refractivity contribution is 5.66. The predicted molar refractivity (Wildman–Crippen MR) is 78.7 cm³/mol. The van der Waals surface area contributed by atoms with Crippen molar-refractivity contribution in [3.63, 3.8) is 0 Å². The van der Waals surface area contributed by atoms with Crippen LogP contribution in [0.25, 0.3) is 0 Å². The van der Waals surface area contributed by atoms with Crippen molar-refractivity contribution in [3.8, 4) is 5.88 Å². The number of anilines is 1. The standard InChI is InChI=1S/C14H22N4O3/c1-2-11-21-12-3-5-15-14(16-12)18-9-7-17(8-10-18)6-4-13(19)20/h3,5H,2,4,6-11H2,1H3,(H,19,20). The third-order valence-electron chi connectivity index (χ3n) is 3.37. The summed E-state index contributed by atoms with van der Waals surface area (Å²) in [5.74, 6) is 0.540. The fraction of sp³-hybridized carbons (Fsp3) is 0.643. The van der Waals surface area contributed by atoms with Crippen LogP contribution in [0.1, 0.15) is 19.8 Å². The summed E-state index contributed by atoms with van der Waals surface area (Å²) >= 11 is 0. The van der Waals surface area contributed by atoms with E-state index in [2.05, 4.69) is 26.7 Å². The van der Waals surface area contributed by atoms with Crippen LogP contribution in [0.15, 0.2) is 12.3 Å². The van der Waals surface area contributed by atoms with Crippen molar-refractivity contribution < 1.29 is 14.6 Å². The lowest BCUT2D eigenvalue weighted by Gasteiger charge is -2.34. The molecule has 21 heavy (non-hydrogen) atoms. The second kappa shape index (κ2) is 7.78. The van der Waals surface area contributed by atoms with E-state index in [0.29, 0.717) is 25.0 Å². The van der Waals surface area contributed by atoms with Gasteiger partial charge in [0.2, 0.25) is 11.8 Å². The lowest BCUT2D eigenvalue weighted by Crippen LogP contribution is -2.47. The van der Waals surface area contributed by atoms with Gasteiger partial charge in [-0.1, -0.05) is 6.92 Å². The van der Waals surface area contributed by atoms with Gasteiger partial charge in [-0.25, -0.2) is 4.98 Å². The van der Waals surface area contributed by atoms with Gasteiger partial charge >= 0.3 is 5.97 Å². The van der Waals surface area contributed by atoms with Crippen molar-refractivity contribution in [2.75, 3.05) is 44.2 Å². The molecule has 0 saturated carbocycles. The monoisotopic (exact) mass is 294 g/mol. The van der Waals surface area contributed by atoms with E-state index in [0.717, 1.165) is 32.6 Å². The third-order valence-corrected chi connectivity index (χ3v) is 3.37. The van der Waals surface area contributed by atoms with Crippen molar-refractivity contribution in [3.05, 3.63) is 12.3 Å². The zero-order valence-corrected chi connectivity index (χ0v) is 12.4. The molecule has 7 nitrogen and oxygen atoms in total. The predicted octanol–water partition coefficient (Wildman–Crippen LogP) is 0.862. The molecule has 0 bridgehead atoms. The molecule has 7 heteroatoms. The van der Waals surface area contributed by atoms with E-state index < -0.39 is 5.97 Å². The van der Waals surface area contributed by atoms with Gasteiger partial charge in [0, 0.05) is 45.0 Å². The normalized spacial score (nSPS) is 16.0. The van der Waals surface area contributed by atoms with Crippen LogP contribution in [-0.2, 0) is 4.79 Å². The first-order valence-electron chi connectivity index (χ1n) is 7.34. The summed E-state index contributed by atoms with van der Waals surface area (Å²) in [6.45, 7) is 6.57. The van der Waals surface area contributed by atoms with Crippen LogP contribution in [0.4, 0.5) is 5.95 Å². The molecule has 0 aliphatic carbocycles. The Labute approximate surface area is 124 Å². The van der Waals surface area contributed by atoms with Crippen LogP contribution in [0.2, 0.25) is 0 Å². The molecule has 116 valence electrons. The number of rotatable bonds is 7. The van der Waals surface area contributed by atoms with Crippen LogP contribution < -0.4 is 9.64 Å². The number of hydrogen-bond acceptors (Lipinski definition) is 6. The van der Waals surface area contributed by atoms with Crippen molar-refractivity contribution in [1.29, 1.82) is 0 Å². The molecule has 1 aromatic heterocycles. The van der Waals surface area contributed by atoms with Crippen LogP contribution >= 0.6 is 0 Å². The van der Waals surface area contributed by atoms with Crippen molar-refractivity contribution in [1.82, 2.24) is 14.9 Å². The minimum absolute atomic E-state index is 0.191. The Morgan fingerprint density at radius 3 is 2.81 bits per heavy atom. The lowest BCUT2D eigenvalue weighted by molar-refractivity contribution is -0.137. The maximum absolute atomic E-state index is 10.6. The Balaban J connectivity index is 1.85. The van der Waals surface area contributed by atoms with Crippen molar-refractivity contribution >= 4 is 11.9 Å². The van der Waals surface area contributed by atoms with Crippen molar-refractivity contribution in [2.45, 2.75) is 19.8 Å². The summed E-state index contributed by atoms with van der Waals surface area (Å²) in [6.07, 6.45) is 2.85. The van der Waals surface area contributed by atoms with E-state index in [4.69, 9.17) is 9.84 Å². The summed E-state index contributed by atoms with van der Waals surface area (Å²) < 4.78 is 5.52. The van der Waals surface area contributed by atoms with E-state index in [1.165, 1.54) is 0 Å². The first-order chi connectivity index (χ1) is 10.2. The largest absolute Gasteiger partial charge is 0.481 e. The number of aliphatic carboxylic acids is 1. The maximum Gasteiger partial charge on any atom is 0.304 e. The average molecular weight is 294 g/mol. The minimum atomic E-state index is -0.749. The molecule has 0 aromatic carbocycles. The number of ether oxygens (including phenoxy) is 1. The van der Waals surface area contributed by atoms with E-state index >= 15 is 0 Å². The highest BCUT2D eigenvalue weighted by atomic mass is 16.5. The van der Waals surface area contributed by atoms with E-state index in [1.807, 2.05) is 0 Å². The average Bonchev–Trinajstić information content (AvgIpc) is 2.51. The highest BCUT2D eigenvalue weighted by Gasteiger charge is 2.19. The van der Waals surface area contributed by atoms with Gasteiger partial charge in [-0.2, -0.15) is 4.98 Å². The first kappa shape index (κ1) is 15.5. The Morgan fingerprint density at radius 2 is 2.14 bits per heavy atom. The van der Waals surface area contributed by atoms with Gasteiger partial charge in [0.25, 0.3) is 0 Å². The van der Waals surface area contributed by atoms with Crippen LogP contribution in [0.5, 0.6) is 5.88 Å². The summed E-state index contributed by atoms with van der Waals surface area (Å²) in [5.41, 5.74) is 0. The zero-order valence-electron chi connectivity index (χ0n) is 12.4. The summed E-state index contributed by atoms with van der Waals surface area (Å²) in [7, 11) is 0. The number of carboxylic acids is 1. The molecule has 0 unspecified atom stereocenters. The van der Waals surface area contributed by atoms with Crippen LogP contribution in [0, 0.1) is 0 Å². The fourth-order valence-electron chi connectivity index (χ4n) is 2.20. The molecule has 0 amide bonds. The number of hydrogen-bond donors (Lipinski definition) is 1. The quantitative estimate of drug-likeness (QED) is 0.799. The molecule has 2 rings (SSSR count). The van der Waals surface area contributed by atoms with Crippen molar-refractivity contribution in [2.24, 2.45) is 0 Å². The summed E-state index contributed by atoms with van der Waals surface area (Å²) in [4.78, 5) is 23.5. The fourth-order valence-corrected chi connectivity index (χ4v) is 2.20. The second-order valence-electron chi connectivity index (χ2n) is 5.02. The highest BCUT2D eigenvalue weighted by Crippen LogP contribution is 2.15. The Hall–Kier alpha value is -1.89. The smallest absolute Gasteiger partial charge is 0.304 e. The van der Waals surface area contributed by atoms with Gasteiger partial charge in [0.05, 0.1) is 13.0 Å². The molecule has 2 heterocycles.